The lowest BCUT2D eigenvalue weighted by Crippen LogP contribution is -2.42. The average molecular weight is 332 g/mol. The number of hydrogen-bond donors (Lipinski definition) is 1. The van der Waals surface area contributed by atoms with Crippen molar-refractivity contribution < 1.29 is 4.79 Å². The summed E-state index contributed by atoms with van der Waals surface area (Å²) in [6.07, 6.45) is 0. The number of rotatable bonds is 4. The summed E-state index contributed by atoms with van der Waals surface area (Å²) >= 11 is 3.60. The van der Waals surface area contributed by atoms with Crippen molar-refractivity contribution in [3.8, 4) is 0 Å². The van der Waals surface area contributed by atoms with Gasteiger partial charge in [0, 0.05) is 40.8 Å². The van der Waals surface area contributed by atoms with E-state index in [1.54, 1.807) is 11.8 Å². The number of nitrogens with one attached hydrogen (secondary N) is 1. The number of anilines is 1. The molecule has 22 heavy (non-hydrogen) atoms. The molecule has 2 aromatic rings. The Morgan fingerprint density at radius 3 is 2.82 bits per heavy atom. The third-order valence-electron chi connectivity index (χ3n) is 3.66. The molecule has 0 aliphatic carbocycles. The van der Waals surface area contributed by atoms with Gasteiger partial charge in [-0.05, 0) is 31.2 Å². The van der Waals surface area contributed by atoms with Gasteiger partial charge in [-0.1, -0.05) is 18.2 Å². The number of aryl methyl sites for hydroxylation is 1. The molecule has 3 nitrogen and oxygen atoms in total. The third-order valence-corrected chi connectivity index (χ3v) is 5.83. The summed E-state index contributed by atoms with van der Waals surface area (Å²) < 4.78 is 0. The zero-order valence-corrected chi connectivity index (χ0v) is 14.3. The first-order valence-corrected chi connectivity index (χ1v) is 9.32. The summed E-state index contributed by atoms with van der Waals surface area (Å²) in [6.45, 7) is 4.96. The van der Waals surface area contributed by atoms with Crippen molar-refractivity contribution in [1.29, 1.82) is 0 Å². The number of hydrogen-bond acceptors (Lipinski definition) is 4. The summed E-state index contributed by atoms with van der Waals surface area (Å²) in [6, 6.07) is 14.0. The summed E-state index contributed by atoms with van der Waals surface area (Å²) in [5.41, 5.74) is 0.874. The molecule has 5 heteroatoms. The Hall–Kier alpha value is -1.30. The van der Waals surface area contributed by atoms with E-state index >= 15 is 0 Å². The Bertz CT molecular complexity index is 627. The van der Waals surface area contributed by atoms with E-state index in [0.717, 1.165) is 31.1 Å². The van der Waals surface area contributed by atoms with Gasteiger partial charge in [0.05, 0.1) is 5.25 Å². The molecule has 3 rings (SSSR count). The molecule has 1 atom stereocenters. The highest BCUT2D eigenvalue weighted by molar-refractivity contribution is 8.00. The van der Waals surface area contributed by atoms with Crippen molar-refractivity contribution in [1.82, 2.24) is 4.90 Å². The molecule has 1 aromatic heterocycles. The van der Waals surface area contributed by atoms with Gasteiger partial charge in [-0.25, -0.2) is 0 Å². The minimum absolute atomic E-state index is 0.00927. The summed E-state index contributed by atoms with van der Waals surface area (Å²) in [5.74, 6) is 1.13. The number of amides is 1. The maximum Gasteiger partial charge on any atom is 0.238 e. The predicted molar refractivity (Wildman–Crippen MR) is 95.7 cm³/mol. The number of para-hydroxylation sites is 1. The highest BCUT2D eigenvalue weighted by Gasteiger charge is 2.26. The van der Waals surface area contributed by atoms with Crippen molar-refractivity contribution in [2.24, 2.45) is 0 Å². The Morgan fingerprint density at radius 1 is 1.27 bits per heavy atom. The van der Waals surface area contributed by atoms with E-state index < -0.39 is 0 Å². The Kier molecular flexibility index (Phi) is 5.18. The first-order chi connectivity index (χ1) is 10.7. The topological polar surface area (TPSA) is 32.3 Å². The van der Waals surface area contributed by atoms with Crippen LogP contribution in [0.4, 0.5) is 5.69 Å². The van der Waals surface area contributed by atoms with Crippen molar-refractivity contribution in [2.45, 2.75) is 18.7 Å². The first kappa shape index (κ1) is 15.6. The van der Waals surface area contributed by atoms with Crippen LogP contribution in [0, 0.1) is 6.92 Å². The fourth-order valence-electron chi connectivity index (χ4n) is 2.54. The highest BCUT2D eigenvalue weighted by atomic mass is 32.2. The molecular weight excluding hydrogens is 312 g/mol. The van der Waals surface area contributed by atoms with E-state index in [4.69, 9.17) is 0 Å². The fourth-order valence-corrected chi connectivity index (χ4v) is 4.65. The van der Waals surface area contributed by atoms with Crippen LogP contribution in [-0.2, 0) is 11.3 Å². The zero-order chi connectivity index (χ0) is 15.4. The quantitative estimate of drug-likeness (QED) is 0.928. The van der Waals surface area contributed by atoms with Gasteiger partial charge in [-0.3, -0.25) is 9.69 Å². The Balaban J connectivity index is 1.57. The average Bonchev–Trinajstić information content (AvgIpc) is 2.93. The second kappa shape index (κ2) is 7.31. The minimum Gasteiger partial charge on any atom is -0.325 e. The van der Waals surface area contributed by atoms with Crippen LogP contribution in [0.3, 0.4) is 0 Å². The Labute approximate surface area is 139 Å². The molecule has 116 valence electrons. The number of thioether (sulfide) groups is 1. The number of benzene rings is 1. The molecule has 2 heterocycles. The highest BCUT2D eigenvalue weighted by Crippen LogP contribution is 2.24. The summed E-state index contributed by atoms with van der Waals surface area (Å²) in [4.78, 5) is 17.5. The van der Waals surface area contributed by atoms with Gasteiger partial charge < -0.3 is 5.32 Å². The fraction of sp³-hybridized carbons (Fsp3) is 0.353. The van der Waals surface area contributed by atoms with Gasteiger partial charge >= 0.3 is 0 Å². The van der Waals surface area contributed by atoms with Crippen molar-refractivity contribution in [2.75, 3.05) is 24.2 Å². The molecular formula is C17H20N2OS2. The molecule has 1 aliphatic rings. The summed E-state index contributed by atoms with van der Waals surface area (Å²) in [5, 5.41) is 3.03. The van der Waals surface area contributed by atoms with Gasteiger partial charge in [-0.2, -0.15) is 0 Å². The molecule has 0 radical (unpaired) electrons. The lowest BCUT2D eigenvalue weighted by atomic mass is 10.3. The van der Waals surface area contributed by atoms with Crippen LogP contribution in [-0.4, -0.2) is 34.9 Å². The van der Waals surface area contributed by atoms with Crippen LogP contribution in [0.2, 0.25) is 0 Å². The van der Waals surface area contributed by atoms with E-state index in [9.17, 15) is 4.79 Å². The van der Waals surface area contributed by atoms with Crippen LogP contribution in [0.1, 0.15) is 9.75 Å². The molecule has 1 aromatic carbocycles. The van der Waals surface area contributed by atoms with Gasteiger partial charge in [0.2, 0.25) is 5.91 Å². The molecule has 1 amide bonds. The molecule has 1 aliphatic heterocycles. The number of carbonyl (C=O) groups is 1. The second-order valence-electron chi connectivity index (χ2n) is 5.46. The normalized spacial score (nSPS) is 19.0. The van der Waals surface area contributed by atoms with E-state index in [1.165, 1.54) is 9.75 Å². The molecule has 0 bridgehead atoms. The van der Waals surface area contributed by atoms with Gasteiger partial charge in [0.25, 0.3) is 0 Å². The van der Waals surface area contributed by atoms with Crippen molar-refractivity contribution in [3.05, 3.63) is 52.2 Å². The van der Waals surface area contributed by atoms with Crippen molar-refractivity contribution in [3.63, 3.8) is 0 Å². The van der Waals surface area contributed by atoms with Gasteiger partial charge in [-0.15, -0.1) is 23.1 Å². The molecule has 1 unspecified atom stereocenters. The lowest BCUT2D eigenvalue weighted by molar-refractivity contribution is -0.116. The third kappa shape index (κ3) is 4.12. The van der Waals surface area contributed by atoms with Gasteiger partial charge in [0.1, 0.15) is 0 Å². The van der Waals surface area contributed by atoms with Crippen LogP contribution in [0.5, 0.6) is 0 Å². The number of thiophene rings is 1. The van der Waals surface area contributed by atoms with Crippen molar-refractivity contribution >= 4 is 34.7 Å². The molecule has 1 saturated heterocycles. The molecule has 0 spiro atoms. The minimum atomic E-state index is 0.00927. The predicted octanol–water partition coefficient (Wildman–Crippen LogP) is 3.61. The number of nitrogens with zero attached hydrogens (tertiary/aromatic N) is 1. The van der Waals surface area contributed by atoms with E-state index in [-0.39, 0.29) is 11.2 Å². The van der Waals surface area contributed by atoms with E-state index in [1.807, 2.05) is 41.7 Å². The first-order valence-electron chi connectivity index (χ1n) is 7.46. The van der Waals surface area contributed by atoms with Crippen LogP contribution < -0.4 is 5.32 Å². The maximum atomic E-state index is 12.4. The largest absolute Gasteiger partial charge is 0.325 e. The zero-order valence-electron chi connectivity index (χ0n) is 12.6. The molecule has 1 N–H and O–H groups in total. The van der Waals surface area contributed by atoms with Crippen LogP contribution >= 0.6 is 23.1 Å². The lowest BCUT2D eigenvalue weighted by Gasteiger charge is -2.31. The summed E-state index contributed by atoms with van der Waals surface area (Å²) in [7, 11) is 0. The smallest absolute Gasteiger partial charge is 0.238 e. The Morgan fingerprint density at radius 2 is 2.09 bits per heavy atom. The SMILES string of the molecule is Cc1ccc(CN2CCSC(C(=O)Nc3ccccc3)C2)s1. The van der Waals surface area contributed by atoms with Crippen LogP contribution in [0.25, 0.3) is 0 Å². The standard InChI is InChI=1S/C17H20N2OS2/c1-13-7-8-15(22-13)11-19-9-10-21-16(12-19)17(20)18-14-5-3-2-4-6-14/h2-8,16H,9-12H2,1H3,(H,18,20). The molecule has 0 saturated carbocycles. The van der Waals surface area contributed by atoms with E-state index in [2.05, 4.69) is 29.3 Å². The van der Waals surface area contributed by atoms with Crippen LogP contribution in [0.15, 0.2) is 42.5 Å². The second-order valence-corrected chi connectivity index (χ2v) is 8.15. The van der Waals surface area contributed by atoms with Gasteiger partial charge in [0.15, 0.2) is 0 Å². The molecule has 1 fully saturated rings. The monoisotopic (exact) mass is 332 g/mol. The number of carbonyl (C=O) groups excluding carboxylic acids is 1. The van der Waals surface area contributed by atoms with E-state index in [0.29, 0.717) is 0 Å². The maximum absolute atomic E-state index is 12.4.